The summed E-state index contributed by atoms with van der Waals surface area (Å²) in [6.07, 6.45) is 0. The lowest BCUT2D eigenvalue weighted by Crippen LogP contribution is -2.26. The maximum Gasteiger partial charge on any atom is 0.0726 e. The minimum atomic E-state index is -0.413. The van der Waals surface area contributed by atoms with E-state index in [2.05, 4.69) is 240 Å². The molecule has 0 aliphatic heterocycles. The summed E-state index contributed by atoms with van der Waals surface area (Å²) in [5, 5.41) is 4.99. The second kappa shape index (κ2) is 12.9. The number of rotatable bonds is 4. The molecule has 0 radical (unpaired) electrons. The van der Waals surface area contributed by atoms with Crippen LogP contribution >= 0.6 is 0 Å². The Bertz CT molecular complexity index is 3780. The van der Waals surface area contributed by atoms with Gasteiger partial charge in [0.25, 0.3) is 0 Å². The molecule has 2 heterocycles. The van der Waals surface area contributed by atoms with Gasteiger partial charge in [0.05, 0.1) is 27.5 Å². The van der Waals surface area contributed by atoms with Crippen LogP contribution in [-0.4, -0.2) is 9.13 Å². The molecule has 0 fully saturated rings. The molecule has 2 heteroatoms. The Morgan fingerprint density at radius 3 is 1.22 bits per heavy atom. The first kappa shape index (κ1) is 34.5. The van der Waals surface area contributed by atoms with Gasteiger partial charge in [-0.2, -0.15) is 0 Å². The lowest BCUT2D eigenvalue weighted by molar-refractivity contribution is 0.792. The van der Waals surface area contributed by atoms with Gasteiger partial charge >= 0.3 is 0 Å². The molecule has 1 spiro atoms. The molecule has 0 N–H and O–H groups in total. The van der Waals surface area contributed by atoms with Crippen molar-refractivity contribution in [2.45, 2.75) is 5.41 Å². The van der Waals surface area contributed by atoms with Gasteiger partial charge in [-0.25, -0.2) is 0 Å². The Balaban J connectivity index is 1.01. The van der Waals surface area contributed by atoms with E-state index in [4.69, 9.17) is 0 Å². The Hall–Kier alpha value is -8.20. The van der Waals surface area contributed by atoms with Crippen molar-refractivity contribution in [1.82, 2.24) is 9.13 Å². The normalized spacial score (nSPS) is 13.2. The molecular weight excluding hydrogens is 761 g/mol. The number of hydrogen-bond acceptors (Lipinski definition) is 0. The van der Waals surface area contributed by atoms with Crippen LogP contribution in [0.4, 0.5) is 0 Å². The van der Waals surface area contributed by atoms with Gasteiger partial charge in [0, 0.05) is 32.9 Å². The van der Waals surface area contributed by atoms with Crippen LogP contribution in [0, 0.1) is 0 Å². The zero-order valence-electron chi connectivity index (χ0n) is 34.3. The van der Waals surface area contributed by atoms with Crippen molar-refractivity contribution >= 4 is 43.6 Å². The highest BCUT2D eigenvalue weighted by atomic mass is 15.0. The SMILES string of the molecule is c1ccc(-c2ccc3c(c2)c2cc(-c4ccc5c(c4)c4ccccc4n5-c4ccccc4)ccc2n3-c2ccc3c(c2)C2(c4ccccc4-c4ccccc42)c2ccccc2-3)cc1. The van der Waals surface area contributed by atoms with E-state index in [9.17, 15) is 0 Å². The van der Waals surface area contributed by atoms with Crippen LogP contribution in [0.15, 0.2) is 231 Å². The van der Waals surface area contributed by atoms with Crippen LogP contribution in [-0.2, 0) is 5.41 Å². The summed E-state index contributed by atoms with van der Waals surface area (Å²) in [6, 6.07) is 85.8. The van der Waals surface area contributed by atoms with Crippen LogP contribution in [0.1, 0.15) is 22.3 Å². The van der Waals surface area contributed by atoms with E-state index in [1.807, 2.05) is 0 Å². The van der Waals surface area contributed by atoms with Crippen molar-refractivity contribution in [2.75, 3.05) is 0 Å². The van der Waals surface area contributed by atoms with Crippen molar-refractivity contribution < 1.29 is 0 Å². The molecule has 0 saturated heterocycles. The van der Waals surface area contributed by atoms with E-state index < -0.39 is 5.41 Å². The van der Waals surface area contributed by atoms with Crippen molar-refractivity contribution in [3.8, 4) is 55.9 Å². The minimum absolute atomic E-state index is 0.413. The maximum absolute atomic E-state index is 2.50. The topological polar surface area (TPSA) is 9.86 Å². The molecule has 63 heavy (non-hydrogen) atoms. The van der Waals surface area contributed by atoms with E-state index in [1.165, 1.54) is 116 Å². The zero-order valence-corrected chi connectivity index (χ0v) is 34.3. The molecule has 2 aromatic heterocycles. The Kier molecular flexibility index (Phi) is 7.07. The highest BCUT2D eigenvalue weighted by molar-refractivity contribution is 6.13. The highest BCUT2D eigenvalue weighted by Crippen LogP contribution is 2.63. The lowest BCUT2D eigenvalue weighted by atomic mass is 9.70. The van der Waals surface area contributed by atoms with E-state index in [-0.39, 0.29) is 0 Å². The molecule has 0 unspecified atom stereocenters. The van der Waals surface area contributed by atoms with E-state index in [0.717, 1.165) is 5.69 Å². The third-order valence-electron chi connectivity index (χ3n) is 14.1. The molecule has 10 aromatic carbocycles. The molecule has 2 aliphatic carbocycles. The number of para-hydroxylation sites is 2. The third-order valence-corrected chi connectivity index (χ3v) is 14.1. The molecular formula is C61H38N2. The fourth-order valence-corrected chi connectivity index (χ4v) is 11.5. The molecule has 2 aliphatic rings. The molecule has 0 saturated carbocycles. The van der Waals surface area contributed by atoms with Crippen LogP contribution in [0.25, 0.3) is 99.5 Å². The predicted molar refractivity (Wildman–Crippen MR) is 262 cm³/mol. The van der Waals surface area contributed by atoms with Gasteiger partial charge in [0.2, 0.25) is 0 Å². The van der Waals surface area contributed by atoms with Gasteiger partial charge in [-0.05, 0) is 133 Å². The second-order valence-electron chi connectivity index (χ2n) is 17.2. The highest BCUT2D eigenvalue weighted by Gasteiger charge is 2.51. The van der Waals surface area contributed by atoms with Crippen molar-refractivity contribution in [3.05, 3.63) is 253 Å². The van der Waals surface area contributed by atoms with E-state index in [1.54, 1.807) is 0 Å². The average molecular weight is 799 g/mol. The first-order chi connectivity index (χ1) is 31.3. The molecule has 0 atom stereocenters. The first-order valence-corrected chi connectivity index (χ1v) is 21.9. The monoisotopic (exact) mass is 798 g/mol. The number of fused-ring (bicyclic) bond motifs is 16. The Morgan fingerprint density at radius 2 is 0.651 bits per heavy atom. The molecule has 0 amide bonds. The molecule has 2 nitrogen and oxygen atoms in total. The van der Waals surface area contributed by atoms with Crippen LogP contribution < -0.4 is 0 Å². The summed E-state index contributed by atoms with van der Waals surface area (Å²) in [4.78, 5) is 0. The van der Waals surface area contributed by atoms with Gasteiger partial charge in [-0.1, -0.05) is 164 Å². The summed E-state index contributed by atoms with van der Waals surface area (Å²) < 4.78 is 4.89. The van der Waals surface area contributed by atoms with Gasteiger partial charge in [-0.3, -0.25) is 0 Å². The Morgan fingerprint density at radius 1 is 0.238 bits per heavy atom. The van der Waals surface area contributed by atoms with Gasteiger partial charge in [0.15, 0.2) is 0 Å². The summed E-state index contributed by atoms with van der Waals surface area (Å²) >= 11 is 0. The minimum Gasteiger partial charge on any atom is -0.309 e. The smallest absolute Gasteiger partial charge is 0.0726 e. The van der Waals surface area contributed by atoms with Crippen molar-refractivity contribution in [3.63, 3.8) is 0 Å². The van der Waals surface area contributed by atoms with Crippen LogP contribution in [0.2, 0.25) is 0 Å². The summed E-state index contributed by atoms with van der Waals surface area (Å²) in [5.41, 5.74) is 22.2. The summed E-state index contributed by atoms with van der Waals surface area (Å²) in [7, 11) is 0. The van der Waals surface area contributed by atoms with Crippen LogP contribution in [0.3, 0.4) is 0 Å². The maximum atomic E-state index is 2.50. The van der Waals surface area contributed by atoms with E-state index in [0.29, 0.717) is 0 Å². The summed E-state index contributed by atoms with van der Waals surface area (Å²) in [6.45, 7) is 0. The van der Waals surface area contributed by atoms with Gasteiger partial charge < -0.3 is 9.13 Å². The molecule has 0 bridgehead atoms. The fraction of sp³-hybridized carbons (Fsp3) is 0.0164. The number of nitrogens with zero attached hydrogens (tertiary/aromatic N) is 2. The quantitative estimate of drug-likeness (QED) is 0.168. The van der Waals surface area contributed by atoms with Crippen LogP contribution in [0.5, 0.6) is 0 Å². The first-order valence-electron chi connectivity index (χ1n) is 21.9. The predicted octanol–water partition coefficient (Wildman–Crippen LogP) is 15.6. The third kappa shape index (κ3) is 4.67. The largest absolute Gasteiger partial charge is 0.309 e. The standard InChI is InChI=1S/C61H38N2/c1-3-15-39(16-4-1)40-27-32-59-51(35-40)52-37-42(41-28-33-58-50(36-41)49-22-10-14-26-57(49)62(58)43-17-5-2-6-18-43)29-34-60(52)63(59)44-30-31-48-47-21-9-13-25-55(47)61(56(48)38-44)53-23-11-7-19-45(53)46-20-8-12-24-54(46)61/h1-38H. The fourth-order valence-electron chi connectivity index (χ4n) is 11.5. The Labute approximate surface area is 365 Å². The van der Waals surface area contributed by atoms with Gasteiger partial charge in [0.1, 0.15) is 0 Å². The van der Waals surface area contributed by atoms with Gasteiger partial charge in [-0.15, -0.1) is 0 Å². The second-order valence-corrected chi connectivity index (χ2v) is 17.2. The zero-order chi connectivity index (χ0) is 41.2. The number of aromatic nitrogens is 2. The lowest BCUT2D eigenvalue weighted by Gasteiger charge is -2.30. The average Bonchev–Trinajstić information content (AvgIpc) is 4.06. The van der Waals surface area contributed by atoms with Crippen molar-refractivity contribution in [2.24, 2.45) is 0 Å². The number of benzene rings is 10. The molecule has 292 valence electrons. The molecule has 12 aromatic rings. The molecule has 14 rings (SSSR count). The summed E-state index contributed by atoms with van der Waals surface area (Å²) in [5.74, 6) is 0. The van der Waals surface area contributed by atoms with Crippen molar-refractivity contribution in [1.29, 1.82) is 0 Å². The number of hydrogen-bond donors (Lipinski definition) is 0. The van der Waals surface area contributed by atoms with E-state index >= 15 is 0 Å².